The molecule has 0 bridgehead atoms. The first-order valence-electron chi connectivity index (χ1n) is 16.1. The van der Waals surface area contributed by atoms with Gasteiger partial charge in [-0.3, -0.25) is 19.6 Å². The second-order valence-electron chi connectivity index (χ2n) is 12.8. The van der Waals surface area contributed by atoms with Crippen molar-refractivity contribution < 1.29 is 19.4 Å². The van der Waals surface area contributed by atoms with Crippen molar-refractivity contribution >= 4 is 29.1 Å². The van der Waals surface area contributed by atoms with Crippen LogP contribution in [0.15, 0.2) is 60.9 Å². The Kier molecular flexibility index (Phi) is 10.0. The molecule has 0 unspecified atom stereocenters. The second-order valence-corrected chi connectivity index (χ2v) is 13.2. The standard InChI is InChI=1S/C36H40ClN7O4/c1-21-26(5-4-6-28(21)43-34(46)30-10-7-22(18-41-30)17-40-25-15-36(2,47)16-25)33-32(37)27(13-14-39-33)29-11-8-23(35(44-29)48-3)19-38-20-24-9-12-31(45)42-24/h4-8,10-11,13-14,18,24-25,38,40,47H,9,12,15-17,19-20H2,1-3H3,(H,42,45)(H,43,46)/t24-,25?,36?/m0/s1. The molecule has 250 valence electrons. The molecule has 12 heteroatoms. The van der Waals surface area contributed by atoms with E-state index < -0.39 is 5.60 Å². The number of nitrogens with zero attached hydrogens (tertiary/aromatic N) is 3. The predicted molar refractivity (Wildman–Crippen MR) is 185 cm³/mol. The van der Waals surface area contributed by atoms with Crippen molar-refractivity contribution in [2.24, 2.45) is 0 Å². The summed E-state index contributed by atoms with van der Waals surface area (Å²) < 4.78 is 5.62. The Morgan fingerprint density at radius 2 is 1.94 bits per heavy atom. The van der Waals surface area contributed by atoms with E-state index in [2.05, 4.69) is 31.2 Å². The van der Waals surface area contributed by atoms with E-state index in [9.17, 15) is 14.7 Å². The molecule has 6 rings (SSSR count). The van der Waals surface area contributed by atoms with Crippen LogP contribution in [0.5, 0.6) is 5.88 Å². The number of rotatable bonds is 12. The van der Waals surface area contributed by atoms with Crippen molar-refractivity contribution in [1.29, 1.82) is 0 Å². The molecule has 1 aliphatic carbocycles. The molecule has 4 heterocycles. The Balaban J connectivity index is 1.13. The highest BCUT2D eigenvalue weighted by atomic mass is 35.5. The minimum Gasteiger partial charge on any atom is -0.481 e. The van der Waals surface area contributed by atoms with Crippen molar-refractivity contribution in [1.82, 2.24) is 30.9 Å². The number of nitrogens with one attached hydrogen (secondary N) is 4. The van der Waals surface area contributed by atoms with Gasteiger partial charge in [0, 0.05) is 72.9 Å². The number of benzene rings is 1. The molecule has 48 heavy (non-hydrogen) atoms. The molecule has 1 atom stereocenters. The topological polar surface area (TPSA) is 150 Å². The molecule has 1 saturated carbocycles. The maximum Gasteiger partial charge on any atom is 0.274 e. The lowest BCUT2D eigenvalue weighted by Gasteiger charge is -2.41. The zero-order valence-corrected chi connectivity index (χ0v) is 28.0. The third-order valence-electron chi connectivity index (χ3n) is 8.95. The average molecular weight is 670 g/mol. The Bertz CT molecular complexity index is 1810. The largest absolute Gasteiger partial charge is 0.481 e. The fourth-order valence-corrected chi connectivity index (χ4v) is 6.57. The monoisotopic (exact) mass is 669 g/mol. The maximum atomic E-state index is 13.2. The van der Waals surface area contributed by atoms with Crippen LogP contribution in [-0.4, -0.2) is 63.2 Å². The van der Waals surface area contributed by atoms with Gasteiger partial charge in [0.05, 0.1) is 29.1 Å². The van der Waals surface area contributed by atoms with E-state index in [0.717, 1.165) is 41.5 Å². The van der Waals surface area contributed by atoms with Crippen LogP contribution in [-0.2, 0) is 17.9 Å². The summed E-state index contributed by atoms with van der Waals surface area (Å²) in [7, 11) is 1.58. The molecule has 4 aromatic rings. The fourth-order valence-electron chi connectivity index (χ4n) is 6.26. The van der Waals surface area contributed by atoms with Gasteiger partial charge in [-0.05, 0) is 68.5 Å². The lowest BCUT2D eigenvalue weighted by molar-refractivity contribution is -0.119. The van der Waals surface area contributed by atoms with Gasteiger partial charge >= 0.3 is 0 Å². The van der Waals surface area contributed by atoms with Gasteiger partial charge in [-0.2, -0.15) is 0 Å². The van der Waals surface area contributed by atoms with Gasteiger partial charge in [-0.25, -0.2) is 4.98 Å². The van der Waals surface area contributed by atoms with Gasteiger partial charge in [-0.1, -0.05) is 35.9 Å². The van der Waals surface area contributed by atoms with E-state index in [4.69, 9.17) is 21.3 Å². The first-order valence-corrected chi connectivity index (χ1v) is 16.5. The molecule has 1 saturated heterocycles. The van der Waals surface area contributed by atoms with Crippen LogP contribution >= 0.6 is 11.6 Å². The smallest absolute Gasteiger partial charge is 0.274 e. The number of halogens is 1. The normalized spacial score (nSPS) is 20.2. The first kappa shape index (κ1) is 33.5. The maximum absolute atomic E-state index is 13.2. The number of pyridine rings is 3. The van der Waals surface area contributed by atoms with Crippen molar-refractivity contribution in [3.05, 3.63) is 88.3 Å². The van der Waals surface area contributed by atoms with Crippen LogP contribution in [0.2, 0.25) is 5.02 Å². The number of aromatic nitrogens is 3. The summed E-state index contributed by atoms with van der Waals surface area (Å²) in [5.41, 5.74) is 5.68. The van der Waals surface area contributed by atoms with Crippen LogP contribution < -0.4 is 26.0 Å². The van der Waals surface area contributed by atoms with Gasteiger partial charge in [0.15, 0.2) is 0 Å². The van der Waals surface area contributed by atoms with E-state index in [1.165, 1.54) is 0 Å². The molecule has 5 N–H and O–H groups in total. The summed E-state index contributed by atoms with van der Waals surface area (Å²) in [6.45, 7) is 5.59. The number of aliphatic hydroxyl groups is 1. The summed E-state index contributed by atoms with van der Waals surface area (Å²) in [5, 5.41) is 23.1. The van der Waals surface area contributed by atoms with E-state index in [-0.39, 0.29) is 23.9 Å². The van der Waals surface area contributed by atoms with Crippen LogP contribution in [0.25, 0.3) is 22.5 Å². The number of hydrogen-bond donors (Lipinski definition) is 5. The number of anilines is 1. The number of carbonyl (C=O) groups excluding carboxylic acids is 2. The van der Waals surface area contributed by atoms with Crippen molar-refractivity contribution in [3.8, 4) is 28.4 Å². The molecule has 2 aliphatic rings. The van der Waals surface area contributed by atoms with E-state index >= 15 is 0 Å². The molecule has 0 radical (unpaired) electrons. The molecule has 0 spiro atoms. The summed E-state index contributed by atoms with van der Waals surface area (Å²) in [6, 6.07) is 15.3. The van der Waals surface area contributed by atoms with Gasteiger partial charge in [0.2, 0.25) is 11.8 Å². The Hall–Kier alpha value is -4.42. The van der Waals surface area contributed by atoms with Gasteiger partial charge in [-0.15, -0.1) is 0 Å². The Labute approximate surface area is 284 Å². The number of carbonyl (C=O) groups is 2. The summed E-state index contributed by atoms with van der Waals surface area (Å²) in [5.74, 6) is 0.253. The molecule has 2 fully saturated rings. The zero-order valence-electron chi connectivity index (χ0n) is 27.3. The minimum absolute atomic E-state index is 0.0926. The third-order valence-corrected chi connectivity index (χ3v) is 9.33. The lowest BCUT2D eigenvalue weighted by Crippen LogP contribution is -2.51. The Morgan fingerprint density at radius 1 is 1.10 bits per heavy atom. The average Bonchev–Trinajstić information content (AvgIpc) is 3.49. The molecule has 1 aliphatic heterocycles. The first-order chi connectivity index (χ1) is 23.1. The number of ether oxygens (including phenoxy) is 1. The molecular formula is C36H40ClN7O4. The number of amides is 2. The minimum atomic E-state index is -0.578. The molecular weight excluding hydrogens is 630 g/mol. The molecule has 1 aromatic carbocycles. The highest BCUT2D eigenvalue weighted by Crippen LogP contribution is 2.38. The number of hydrogen-bond acceptors (Lipinski definition) is 9. The molecule has 3 aromatic heterocycles. The van der Waals surface area contributed by atoms with E-state index in [1.54, 1.807) is 25.6 Å². The van der Waals surface area contributed by atoms with Crippen molar-refractivity contribution in [2.45, 2.75) is 70.3 Å². The van der Waals surface area contributed by atoms with Crippen LogP contribution in [0.4, 0.5) is 5.69 Å². The highest BCUT2D eigenvalue weighted by molar-refractivity contribution is 6.35. The highest BCUT2D eigenvalue weighted by Gasteiger charge is 2.37. The van der Waals surface area contributed by atoms with Crippen LogP contribution in [0.1, 0.15) is 59.8 Å². The van der Waals surface area contributed by atoms with Crippen molar-refractivity contribution in [3.63, 3.8) is 0 Å². The van der Waals surface area contributed by atoms with Crippen LogP contribution in [0.3, 0.4) is 0 Å². The summed E-state index contributed by atoms with van der Waals surface area (Å²) >= 11 is 6.99. The van der Waals surface area contributed by atoms with Crippen LogP contribution in [0, 0.1) is 6.92 Å². The van der Waals surface area contributed by atoms with E-state index in [0.29, 0.717) is 65.3 Å². The Morgan fingerprint density at radius 3 is 2.65 bits per heavy atom. The quantitative estimate of drug-likeness (QED) is 0.143. The van der Waals surface area contributed by atoms with E-state index in [1.807, 2.05) is 56.3 Å². The lowest BCUT2D eigenvalue weighted by atomic mass is 9.77. The van der Waals surface area contributed by atoms with Gasteiger partial charge in [0.1, 0.15) is 5.69 Å². The second kappa shape index (κ2) is 14.4. The fraction of sp³-hybridized carbons (Fsp3) is 0.361. The summed E-state index contributed by atoms with van der Waals surface area (Å²) in [4.78, 5) is 38.4. The van der Waals surface area contributed by atoms with Gasteiger partial charge in [0.25, 0.3) is 5.91 Å². The summed E-state index contributed by atoms with van der Waals surface area (Å²) in [6.07, 6.45) is 6.23. The van der Waals surface area contributed by atoms with Crippen molar-refractivity contribution in [2.75, 3.05) is 19.0 Å². The van der Waals surface area contributed by atoms with Gasteiger partial charge < -0.3 is 31.1 Å². The zero-order chi connectivity index (χ0) is 33.8. The SMILES string of the molecule is COc1nc(-c2ccnc(-c3cccc(NC(=O)c4ccc(CNC5CC(C)(O)C5)cn4)c3C)c2Cl)ccc1CNC[C@@H]1CCC(=O)N1. The number of methoxy groups -OCH3 is 1. The predicted octanol–water partition coefficient (Wildman–Crippen LogP) is 4.80. The molecule has 11 nitrogen and oxygen atoms in total. The molecule has 2 amide bonds. The third kappa shape index (κ3) is 7.65.